The average molecular weight is 433 g/mol. The molecule has 1 N–H and O–H groups in total. The molecule has 3 aromatic rings. The topological polar surface area (TPSA) is 49.4 Å². The molecule has 2 amide bonds. The Hall–Kier alpha value is -3.38. The van der Waals surface area contributed by atoms with Crippen molar-refractivity contribution in [2.24, 2.45) is 0 Å². The molecule has 1 aliphatic rings. The maximum atomic E-state index is 14.2. The SMILES string of the molecule is CC(NC(=O)C=C1Sc2ccccc2N(Cc2ccccc2F)C1=O)c1ccccc1. The smallest absolute Gasteiger partial charge is 0.265 e. The minimum absolute atomic E-state index is 0.0858. The number of halogens is 1. The Bertz CT molecular complexity index is 1150. The zero-order valence-electron chi connectivity index (χ0n) is 16.9. The monoisotopic (exact) mass is 432 g/mol. The van der Waals surface area contributed by atoms with Crippen LogP contribution in [-0.2, 0) is 16.1 Å². The molecule has 4 rings (SSSR count). The standard InChI is InChI=1S/C25H21FN2O2S/c1-17(18-9-3-2-4-10-18)27-24(29)15-23-25(30)28(16-19-11-5-6-12-20(19)26)21-13-7-8-14-22(21)31-23/h2-15,17H,16H2,1H3,(H,27,29). The fraction of sp³-hybridized carbons (Fsp3) is 0.120. The van der Waals surface area contributed by atoms with Gasteiger partial charge < -0.3 is 10.2 Å². The number of thioether (sulfide) groups is 1. The predicted molar refractivity (Wildman–Crippen MR) is 121 cm³/mol. The number of para-hydroxylation sites is 1. The molecule has 1 aliphatic heterocycles. The molecule has 0 aromatic heterocycles. The van der Waals surface area contributed by atoms with E-state index >= 15 is 0 Å². The molecule has 0 bridgehead atoms. The van der Waals surface area contributed by atoms with Crippen molar-refractivity contribution in [1.29, 1.82) is 0 Å². The lowest BCUT2D eigenvalue weighted by Crippen LogP contribution is -2.35. The fourth-order valence-corrected chi connectivity index (χ4v) is 4.45. The van der Waals surface area contributed by atoms with E-state index < -0.39 is 0 Å². The van der Waals surface area contributed by atoms with Crippen LogP contribution in [0.15, 0.2) is 94.7 Å². The van der Waals surface area contributed by atoms with E-state index in [-0.39, 0.29) is 30.2 Å². The van der Waals surface area contributed by atoms with Gasteiger partial charge >= 0.3 is 0 Å². The first-order chi connectivity index (χ1) is 15.0. The summed E-state index contributed by atoms with van der Waals surface area (Å²) >= 11 is 1.25. The van der Waals surface area contributed by atoms with Crippen molar-refractivity contribution in [1.82, 2.24) is 5.32 Å². The van der Waals surface area contributed by atoms with Crippen LogP contribution in [0.5, 0.6) is 0 Å². The van der Waals surface area contributed by atoms with Crippen molar-refractivity contribution < 1.29 is 14.0 Å². The van der Waals surface area contributed by atoms with Crippen molar-refractivity contribution in [2.45, 2.75) is 24.4 Å². The molecule has 0 fully saturated rings. The van der Waals surface area contributed by atoms with Crippen LogP contribution in [0.2, 0.25) is 0 Å². The Labute approximate surface area is 184 Å². The molecule has 0 aliphatic carbocycles. The predicted octanol–water partition coefficient (Wildman–Crippen LogP) is 5.23. The van der Waals surface area contributed by atoms with E-state index in [1.807, 2.05) is 61.5 Å². The van der Waals surface area contributed by atoms with Gasteiger partial charge in [0.05, 0.1) is 23.2 Å². The molecule has 1 atom stereocenters. The maximum Gasteiger partial charge on any atom is 0.265 e. The molecule has 156 valence electrons. The highest BCUT2D eigenvalue weighted by atomic mass is 32.2. The Morgan fingerprint density at radius 3 is 2.48 bits per heavy atom. The highest BCUT2D eigenvalue weighted by Gasteiger charge is 2.30. The Kier molecular flexibility index (Phi) is 6.18. The number of nitrogens with zero attached hydrogens (tertiary/aromatic N) is 1. The Balaban J connectivity index is 1.59. The Morgan fingerprint density at radius 2 is 1.71 bits per heavy atom. The number of benzene rings is 3. The summed E-state index contributed by atoms with van der Waals surface area (Å²) in [7, 11) is 0. The third-order valence-electron chi connectivity index (χ3n) is 5.04. The normalized spacial score (nSPS) is 15.5. The second-order valence-corrected chi connectivity index (χ2v) is 8.29. The number of carbonyl (C=O) groups excluding carboxylic acids is 2. The largest absolute Gasteiger partial charge is 0.346 e. The third kappa shape index (κ3) is 4.70. The van der Waals surface area contributed by atoms with Gasteiger partial charge in [-0.3, -0.25) is 9.59 Å². The van der Waals surface area contributed by atoms with Gasteiger partial charge in [-0.15, -0.1) is 0 Å². The molecule has 4 nitrogen and oxygen atoms in total. The van der Waals surface area contributed by atoms with Gasteiger partial charge in [-0.2, -0.15) is 0 Å². The summed E-state index contributed by atoms with van der Waals surface area (Å²) in [5.41, 5.74) is 2.10. The average Bonchev–Trinajstić information content (AvgIpc) is 2.78. The van der Waals surface area contributed by atoms with E-state index in [1.165, 1.54) is 28.8 Å². The summed E-state index contributed by atoms with van der Waals surface area (Å²) in [4.78, 5) is 28.5. The summed E-state index contributed by atoms with van der Waals surface area (Å²) in [6, 6.07) is 23.2. The number of hydrogen-bond acceptors (Lipinski definition) is 3. The van der Waals surface area contributed by atoms with Crippen LogP contribution < -0.4 is 10.2 Å². The van der Waals surface area contributed by atoms with E-state index in [2.05, 4.69) is 5.32 Å². The lowest BCUT2D eigenvalue weighted by Gasteiger charge is -2.30. The van der Waals surface area contributed by atoms with Gasteiger partial charge in [0.25, 0.3) is 5.91 Å². The minimum atomic E-state index is -0.369. The third-order valence-corrected chi connectivity index (χ3v) is 6.12. The summed E-state index contributed by atoms with van der Waals surface area (Å²) in [6.45, 7) is 1.98. The molecule has 6 heteroatoms. The lowest BCUT2D eigenvalue weighted by molar-refractivity contribution is -0.118. The van der Waals surface area contributed by atoms with Crippen LogP contribution in [0.3, 0.4) is 0 Å². The van der Waals surface area contributed by atoms with Crippen molar-refractivity contribution >= 4 is 29.3 Å². The molecule has 0 saturated heterocycles. The number of carbonyl (C=O) groups is 2. The molecule has 31 heavy (non-hydrogen) atoms. The van der Waals surface area contributed by atoms with Crippen LogP contribution in [0.25, 0.3) is 0 Å². The fourth-order valence-electron chi connectivity index (χ4n) is 3.42. The van der Waals surface area contributed by atoms with Gasteiger partial charge in [0.1, 0.15) is 5.82 Å². The van der Waals surface area contributed by atoms with Crippen LogP contribution in [0.4, 0.5) is 10.1 Å². The second-order valence-electron chi connectivity index (χ2n) is 7.20. The Morgan fingerprint density at radius 1 is 1.03 bits per heavy atom. The van der Waals surface area contributed by atoms with Crippen molar-refractivity contribution in [2.75, 3.05) is 4.90 Å². The maximum absolute atomic E-state index is 14.2. The van der Waals surface area contributed by atoms with Crippen molar-refractivity contribution in [3.05, 3.63) is 107 Å². The van der Waals surface area contributed by atoms with E-state index in [9.17, 15) is 14.0 Å². The van der Waals surface area contributed by atoms with Gasteiger partial charge in [0.15, 0.2) is 0 Å². The van der Waals surface area contributed by atoms with E-state index in [1.54, 1.807) is 18.2 Å². The minimum Gasteiger partial charge on any atom is -0.346 e. The molecule has 1 heterocycles. The van der Waals surface area contributed by atoms with Crippen LogP contribution in [0, 0.1) is 5.82 Å². The highest BCUT2D eigenvalue weighted by Crippen LogP contribution is 2.42. The quantitative estimate of drug-likeness (QED) is 0.562. The molecule has 0 radical (unpaired) electrons. The summed E-state index contributed by atoms with van der Waals surface area (Å²) in [5, 5.41) is 2.90. The molecular formula is C25H21FN2O2S. The van der Waals surface area contributed by atoms with Gasteiger partial charge in [-0.05, 0) is 30.7 Å². The number of nitrogens with one attached hydrogen (secondary N) is 1. The summed E-state index contributed by atoms with van der Waals surface area (Å²) < 4.78 is 14.2. The van der Waals surface area contributed by atoms with Gasteiger partial charge in [-0.1, -0.05) is 72.4 Å². The van der Waals surface area contributed by atoms with E-state index in [0.29, 0.717) is 16.2 Å². The number of fused-ring (bicyclic) bond motifs is 1. The number of anilines is 1. The lowest BCUT2D eigenvalue weighted by atomic mass is 10.1. The van der Waals surface area contributed by atoms with Gasteiger partial charge in [-0.25, -0.2) is 4.39 Å². The van der Waals surface area contributed by atoms with E-state index in [0.717, 1.165) is 10.5 Å². The number of hydrogen-bond donors (Lipinski definition) is 1. The van der Waals surface area contributed by atoms with Gasteiger partial charge in [0, 0.05) is 16.5 Å². The number of amides is 2. The highest BCUT2D eigenvalue weighted by molar-refractivity contribution is 8.04. The zero-order valence-corrected chi connectivity index (χ0v) is 17.7. The second kappa shape index (κ2) is 9.18. The van der Waals surface area contributed by atoms with Crippen LogP contribution >= 0.6 is 11.8 Å². The van der Waals surface area contributed by atoms with Crippen molar-refractivity contribution in [3.8, 4) is 0 Å². The molecule has 0 saturated carbocycles. The van der Waals surface area contributed by atoms with E-state index in [4.69, 9.17) is 0 Å². The molecule has 3 aromatic carbocycles. The van der Waals surface area contributed by atoms with Crippen LogP contribution in [-0.4, -0.2) is 11.8 Å². The summed E-state index contributed by atoms with van der Waals surface area (Å²) in [6.07, 6.45) is 1.33. The first-order valence-corrected chi connectivity index (χ1v) is 10.7. The molecule has 1 unspecified atom stereocenters. The van der Waals surface area contributed by atoms with Crippen LogP contribution in [0.1, 0.15) is 24.1 Å². The summed E-state index contributed by atoms with van der Waals surface area (Å²) in [5.74, 6) is -1.04. The van der Waals surface area contributed by atoms with Gasteiger partial charge in [0.2, 0.25) is 5.91 Å². The number of rotatable bonds is 5. The first kappa shape index (κ1) is 20.9. The molecular weight excluding hydrogens is 411 g/mol. The van der Waals surface area contributed by atoms with Crippen molar-refractivity contribution in [3.63, 3.8) is 0 Å². The molecule has 0 spiro atoms. The zero-order chi connectivity index (χ0) is 21.8. The first-order valence-electron chi connectivity index (χ1n) is 9.92.